The molecule has 0 fully saturated rings. The highest BCUT2D eigenvalue weighted by atomic mass is 16.5. The number of methoxy groups -OCH3 is 1. The average Bonchev–Trinajstić information content (AvgIpc) is 3.21. The van der Waals surface area contributed by atoms with E-state index in [4.69, 9.17) is 9.47 Å². The first-order valence-electron chi connectivity index (χ1n) is 9.96. The summed E-state index contributed by atoms with van der Waals surface area (Å²) in [5.41, 5.74) is 2.98. The molecule has 8 nitrogen and oxygen atoms in total. The SMILES string of the molecule is CCOc1ccc(CN(CC)C(=O)Cn2nnc(-c3ccc(C)cc3)n2)cc1OC. The lowest BCUT2D eigenvalue weighted by Gasteiger charge is -2.21. The quantitative estimate of drug-likeness (QED) is 0.540. The van der Waals surface area contributed by atoms with Gasteiger partial charge in [0.05, 0.1) is 13.7 Å². The van der Waals surface area contributed by atoms with Crippen LogP contribution in [0.25, 0.3) is 11.4 Å². The molecule has 30 heavy (non-hydrogen) atoms. The van der Waals surface area contributed by atoms with E-state index in [0.717, 1.165) is 16.7 Å². The highest BCUT2D eigenvalue weighted by molar-refractivity contribution is 5.75. The fraction of sp³-hybridized carbons (Fsp3) is 0.364. The Bertz CT molecular complexity index is 985. The van der Waals surface area contributed by atoms with Crippen molar-refractivity contribution in [2.24, 2.45) is 0 Å². The van der Waals surface area contributed by atoms with Gasteiger partial charge in [-0.15, -0.1) is 10.2 Å². The number of hydrogen-bond acceptors (Lipinski definition) is 6. The zero-order valence-electron chi connectivity index (χ0n) is 17.8. The number of rotatable bonds is 9. The third-order valence-corrected chi connectivity index (χ3v) is 4.68. The van der Waals surface area contributed by atoms with Crippen LogP contribution >= 0.6 is 0 Å². The van der Waals surface area contributed by atoms with Crippen LogP contribution in [0.4, 0.5) is 0 Å². The van der Waals surface area contributed by atoms with Crippen molar-refractivity contribution in [2.45, 2.75) is 33.9 Å². The monoisotopic (exact) mass is 409 g/mol. The first-order chi connectivity index (χ1) is 14.5. The van der Waals surface area contributed by atoms with Crippen LogP contribution in [0.1, 0.15) is 25.0 Å². The Labute approximate surface area is 176 Å². The van der Waals surface area contributed by atoms with Crippen molar-refractivity contribution < 1.29 is 14.3 Å². The molecule has 158 valence electrons. The largest absolute Gasteiger partial charge is 0.493 e. The smallest absolute Gasteiger partial charge is 0.246 e. The summed E-state index contributed by atoms with van der Waals surface area (Å²) in [6.07, 6.45) is 0. The van der Waals surface area contributed by atoms with Crippen LogP contribution in [0.3, 0.4) is 0 Å². The Kier molecular flexibility index (Phi) is 7.00. The Morgan fingerprint density at radius 3 is 2.53 bits per heavy atom. The normalized spacial score (nSPS) is 10.7. The summed E-state index contributed by atoms with van der Waals surface area (Å²) < 4.78 is 11.0. The van der Waals surface area contributed by atoms with Crippen LogP contribution in [0.2, 0.25) is 0 Å². The van der Waals surface area contributed by atoms with Gasteiger partial charge in [-0.25, -0.2) is 0 Å². The summed E-state index contributed by atoms with van der Waals surface area (Å²) in [7, 11) is 1.60. The van der Waals surface area contributed by atoms with Gasteiger partial charge in [-0.05, 0) is 43.7 Å². The molecule has 2 aromatic carbocycles. The fourth-order valence-corrected chi connectivity index (χ4v) is 3.03. The maximum atomic E-state index is 12.8. The Morgan fingerprint density at radius 1 is 1.10 bits per heavy atom. The number of amides is 1. The molecular formula is C22H27N5O3. The third-order valence-electron chi connectivity index (χ3n) is 4.68. The van der Waals surface area contributed by atoms with Crippen molar-refractivity contribution in [3.05, 3.63) is 53.6 Å². The standard InChI is InChI=1S/C22H27N5O3/c1-5-26(14-17-9-12-19(30-6-2)20(13-17)29-4)21(28)15-27-24-22(23-25-27)18-10-7-16(3)8-11-18/h7-13H,5-6,14-15H2,1-4H3. The minimum absolute atomic E-state index is 0.0286. The highest BCUT2D eigenvalue weighted by Gasteiger charge is 2.16. The molecule has 1 amide bonds. The second-order valence-corrected chi connectivity index (χ2v) is 6.84. The molecule has 0 saturated carbocycles. The number of likely N-dealkylation sites (N-methyl/N-ethyl adjacent to an activating group) is 1. The predicted octanol–water partition coefficient (Wildman–Crippen LogP) is 3.10. The molecule has 0 unspecified atom stereocenters. The molecular weight excluding hydrogens is 382 g/mol. The Hall–Kier alpha value is -3.42. The van der Waals surface area contributed by atoms with Crippen molar-refractivity contribution >= 4 is 5.91 Å². The molecule has 0 aliphatic rings. The maximum absolute atomic E-state index is 12.8. The lowest BCUT2D eigenvalue weighted by atomic mass is 10.1. The second kappa shape index (κ2) is 9.87. The van der Waals surface area contributed by atoms with Gasteiger partial charge in [0.25, 0.3) is 0 Å². The van der Waals surface area contributed by atoms with Gasteiger partial charge in [0.1, 0.15) is 6.54 Å². The van der Waals surface area contributed by atoms with E-state index in [9.17, 15) is 4.79 Å². The molecule has 0 spiro atoms. The lowest BCUT2D eigenvalue weighted by Crippen LogP contribution is -2.33. The number of benzene rings is 2. The molecule has 8 heteroatoms. The summed E-state index contributed by atoms with van der Waals surface area (Å²) in [5.74, 6) is 1.76. The summed E-state index contributed by atoms with van der Waals surface area (Å²) >= 11 is 0. The average molecular weight is 409 g/mol. The number of hydrogen-bond donors (Lipinski definition) is 0. The first-order valence-corrected chi connectivity index (χ1v) is 9.96. The van der Waals surface area contributed by atoms with E-state index in [1.807, 2.05) is 63.2 Å². The summed E-state index contributed by atoms with van der Waals surface area (Å²) in [4.78, 5) is 15.9. The van der Waals surface area contributed by atoms with Crippen LogP contribution in [-0.2, 0) is 17.9 Å². The topological polar surface area (TPSA) is 82.4 Å². The Balaban J connectivity index is 1.67. The zero-order valence-corrected chi connectivity index (χ0v) is 17.8. The van der Waals surface area contributed by atoms with Gasteiger partial charge >= 0.3 is 0 Å². The number of carbonyl (C=O) groups excluding carboxylic acids is 1. The molecule has 0 aliphatic heterocycles. The van der Waals surface area contributed by atoms with Gasteiger partial charge in [-0.2, -0.15) is 4.80 Å². The van der Waals surface area contributed by atoms with E-state index in [0.29, 0.717) is 37.0 Å². The summed E-state index contributed by atoms with van der Waals surface area (Å²) in [6, 6.07) is 13.6. The van der Waals surface area contributed by atoms with Crippen molar-refractivity contribution in [1.82, 2.24) is 25.1 Å². The summed E-state index contributed by atoms with van der Waals surface area (Å²) in [6.45, 7) is 7.49. The second-order valence-electron chi connectivity index (χ2n) is 6.84. The van der Waals surface area contributed by atoms with E-state index in [2.05, 4.69) is 15.4 Å². The van der Waals surface area contributed by atoms with Crippen LogP contribution < -0.4 is 9.47 Å². The van der Waals surface area contributed by atoms with E-state index in [1.165, 1.54) is 4.80 Å². The van der Waals surface area contributed by atoms with Crippen LogP contribution in [0.5, 0.6) is 11.5 Å². The van der Waals surface area contributed by atoms with Crippen LogP contribution in [-0.4, -0.2) is 51.3 Å². The van der Waals surface area contributed by atoms with Crippen molar-refractivity contribution in [3.8, 4) is 22.9 Å². The van der Waals surface area contributed by atoms with Crippen LogP contribution in [0, 0.1) is 6.92 Å². The number of aryl methyl sites for hydroxylation is 1. The van der Waals surface area contributed by atoms with Crippen molar-refractivity contribution in [1.29, 1.82) is 0 Å². The van der Waals surface area contributed by atoms with Gasteiger partial charge in [-0.1, -0.05) is 35.9 Å². The molecule has 0 atom stereocenters. The molecule has 0 saturated heterocycles. The third kappa shape index (κ3) is 5.14. The fourth-order valence-electron chi connectivity index (χ4n) is 3.03. The van der Waals surface area contributed by atoms with Gasteiger partial charge < -0.3 is 14.4 Å². The molecule has 0 bridgehead atoms. The van der Waals surface area contributed by atoms with E-state index >= 15 is 0 Å². The molecule has 3 aromatic rings. The van der Waals surface area contributed by atoms with E-state index in [-0.39, 0.29) is 12.5 Å². The minimum atomic E-state index is -0.0850. The number of nitrogens with zero attached hydrogens (tertiary/aromatic N) is 5. The molecule has 1 aromatic heterocycles. The van der Waals surface area contributed by atoms with Gasteiger partial charge in [0.2, 0.25) is 11.7 Å². The summed E-state index contributed by atoms with van der Waals surface area (Å²) in [5, 5.41) is 12.4. The number of aromatic nitrogens is 4. The molecule has 3 rings (SSSR count). The van der Waals surface area contributed by atoms with Crippen molar-refractivity contribution in [2.75, 3.05) is 20.3 Å². The van der Waals surface area contributed by atoms with Gasteiger partial charge in [-0.3, -0.25) is 4.79 Å². The lowest BCUT2D eigenvalue weighted by molar-refractivity contribution is -0.132. The Morgan fingerprint density at radius 2 is 1.87 bits per heavy atom. The van der Waals surface area contributed by atoms with Gasteiger partial charge in [0.15, 0.2) is 11.5 Å². The van der Waals surface area contributed by atoms with Crippen molar-refractivity contribution in [3.63, 3.8) is 0 Å². The number of carbonyl (C=O) groups is 1. The molecule has 0 radical (unpaired) electrons. The number of ether oxygens (including phenoxy) is 2. The molecule has 0 N–H and O–H groups in total. The van der Waals surface area contributed by atoms with Gasteiger partial charge in [0, 0.05) is 18.7 Å². The van der Waals surface area contributed by atoms with E-state index in [1.54, 1.807) is 12.0 Å². The predicted molar refractivity (Wildman–Crippen MR) is 113 cm³/mol. The molecule has 0 aliphatic carbocycles. The zero-order chi connectivity index (χ0) is 21.5. The first kappa shape index (κ1) is 21.3. The maximum Gasteiger partial charge on any atom is 0.246 e. The van der Waals surface area contributed by atoms with Crippen LogP contribution in [0.15, 0.2) is 42.5 Å². The molecule has 1 heterocycles. The minimum Gasteiger partial charge on any atom is -0.493 e. The van der Waals surface area contributed by atoms with E-state index < -0.39 is 0 Å². The highest BCUT2D eigenvalue weighted by Crippen LogP contribution is 2.28. The number of tetrazole rings is 1.